The summed E-state index contributed by atoms with van der Waals surface area (Å²) >= 11 is 0. The number of unbranched alkanes of at least 4 members (excludes halogenated alkanes) is 3. The van der Waals surface area contributed by atoms with E-state index in [2.05, 4.69) is 51.2 Å². The number of benzene rings is 2. The van der Waals surface area contributed by atoms with Crippen molar-refractivity contribution in [3.63, 3.8) is 0 Å². The van der Waals surface area contributed by atoms with E-state index in [1.165, 1.54) is 12.2 Å². The number of carboxylic acids is 1. The predicted octanol–water partition coefficient (Wildman–Crippen LogP) is 4.45. The van der Waals surface area contributed by atoms with Gasteiger partial charge in [-0.1, -0.05) is 38.8 Å². The molecule has 1 aliphatic rings. The van der Waals surface area contributed by atoms with Gasteiger partial charge in [0.2, 0.25) is 11.7 Å². The number of fused-ring (bicyclic) bond motifs is 2. The zero-order valence-corrected chi connectivity index (χ0v) is 41.0. The van der Waals surface area contributed by atoms with E-state index in [9.17, 15) is 43.5 Å². The SMILES string of the molecule is Cc1nc(N)c2nc(Cn3ccc4cc(C(=O)N[C@@H](CCCCC(=O)c5ccc(CC(=O)[C@H](C)NC(=O)[C@@H](CC(=O)CCCCCN6C(=O)C=CC6=O)C(C)C)cc5-c5nn[nH]n5)C(=O)O)ccc43)cnc2n1. The molecule has 6 N–H and O–H groups in total. The quantitative estimate of drug-likeness (QED) is 0.0285. The third kappa shape index (κ3) is 13.3. The summed E-state index contributed by atoms with van der Waals surface area (Å²) in [5.41, 5.74) is 9.69. The van der Waals surface area contributed by atoms with Crippen LogP contribution in [0.25, 0.3) is 33.5 Å². The monoisotopic (exact) mass is 995 g/mol. The molecule has 2 aromatic carbocycles. The van der Waals surface area contributed by atoms with Gasteiger partial charge in [0.05, 0.1) is 24.5 Å². The molecule has 1 aliphatic heterocycles. The highest BCUT2D eigenvalue weighted by Gasteiger charge is 2.29. The van der Waals surface area contributed by atoms with Gasteiger partial charge in [0.1, 0.15) is 17.6 Å². The number of aromatic amines is 1. The van der Waals surface area contributed by atoms with Crippen LogP contribution in [0, 0.1) is 18.8 Å². The van der Waals surface area contributed by atoms with Gasteiger partial charge in [-0.05, 0) is 86.6 Å². The fourth-order valence-corrected chi connectivity index (χ4v) is 8.64. The number of carboxylic acid groups (broad SMARTS) is 1. The van der Waals surface area contributed by atoms with Crippen LogP contribution in [-0.2, 0) is 41.7 Å². The lowest BCUT2D eigenvalue weighted by atomic mass is 9.88. The maximum atomic E-state index is 13.7. The van der Waals surface area contributed by atoms with Gasteiger partial charge < -0.3 is 26.0 Å². The first kappa shape index (κ1) is 52.4. The number of anilines is 1. The van der Waals surface area contributed by atoms with E-state index >= 15 is 0 Å². The first-order chi connectivity index (χ1) is 34.9. The van der Waals surface area contributed by atoms with E-state index < -0.39 is 35.8 Å². The molecule has 22 nitrogen and oxygen atoms in total. The number of nitrogens with one attached hydrogen (secondary N) is 3. The number of Topliss-reactive ketones (excluding diaryl/α,β-unsaturated/α-hetero) is 3. The Labute approximate surface area is 419 Å². The van der Waals surface area contributed by atoms with Gasteiger partial charge in [-0.2, -0.15) is 5.21 Å². The molecule has 5 heterocycles. The maximum absolute atomic E-state index is 13.7. The third-order valence-electron chi connectivity index (χ3n) is 12.7. The summed E-state index contributed by atoms with van der Waals surface area (Å²) in [7, 11) is 0. The van der Waals surface area contributed by atoms with Crippen LogP contribution in [0.15, 0.2) is 67.0 Å². The van der Waals surface area contributed by atoms with Gasteiger partial charge in [-0.3, -0.25) is 38.5 Å². The van der Waals surface area contributed by atoms with Crippen molar-refractivity contribution in [2.24, 2.45) is 11.8 Å². The standard InChI is InChI=1S/C51H57N13O9/c1-28(2)37(25-35(65)10-6-5-9-20-64-43(68)17-18-44(64)69)50(71)54-29(3)42(67)23-31-13-15-36(38(22-31)47-59-61-62-60-47)41(66)12-8-7-11-39(51(72)73)58-49(70)33-14-16-40-32(24-33)19-21-63(40)27-34-26-53-48-45(57-34)46(52)55-30(4)56-48/h13-19,21-22,24,26,28-29,37,39H,5-12,20,23,25,27H2,1-4H3,(H,54,71)(H,58,70)(H,72,73)(H2,52,53,55,56)(H,59,60,61,62)/t29-,37-,39-/m0/s1. The number of ketones is 3. The molecule has 380 valence electrons. The van der Waals surface area contributed by atoms with Crippen molar-refractivity contribution in [1.82, 2.24) is 60.7 Å². The van der Waals surface area contributed by atoms with Crippen molar-refractivity contribution in [1.29, 1.82) is 0 Å². The number of H-pyrrole nitrogens is 1. The molecule has 0 saturated heterocycles. The minimum absolute atomic E-state index is 0.00614. The zero-order valence-electron chi connectivity index (χ0n) is 41.0. The number of nitrogen functional groups attached to an aromatic ring is 1. The van der Waals surface area contributed by atoms with E-state index in [0.717, 1.165) is 15.8 Å². The lowest BCUT2D eigenvalue weighted by Gasteiger charge is -2.22. The highest BCUT2D eigenvalue weighted by molar-refractivity contribution is 6.12. The first-order valence-corrected chi connectivity index (χ1v) is 24.1. The van der Waals surface area contributed by atoms with E-state index in [4.69, 9.17) is 5.73 Å². The highest BCUT2D eigenvalue weighted by atomic mass is 16.4. The summed E-state index contributed by atoms with van der Waals surface area (Å²) in [5.74, 6) is -3.57. The second-order valence-corrected chi connectivity index (χ2v) is 18.5. The Balaban J connectivity index is 0.882. The van der Waals surface area contributed by atoms with Crippen molar-refractivity contribution >= 4 is 74.8 Å². The zero-order chi connectivity index (χ0) is 52.3. The minimum atomic E-state index is -1.22. The number of rotatable bonds is 26. The number of imide groups is 1. The number of tetrazole rings is 1. The van der Waals surface area contributed by atoms with Crippen molar-refractivity contribution in [2.75, 3.05) is 12.3 Å². The number of amides is 4. The second-order valence-electron chi connectivity index (χ2n) is 18.5. The Hall–Kier alpha value is -8.43. The Bertz CT molecular complexity index is 3090. The average molecular weight is 996 g/mol. The molecule has 73 heavy (non-hydrogen) atoms. The molecule has 0 unspecified atom stereocenters. The largest absolute Gasteiger partial charge is 0.480 e. The molecule has 0 spiro atoms. The molecular formula is C51H57N13O9. The Morgan fingerprint density at radius 3 is 2.36 bits per heavy atom. The van der Waals surface area contributed by atoms with Crippen LogP contribution >= 0.6 is 0 Å². The third-order valence-corrected chi connectivity index (χ3v) is 12.7. The maximum Gasteiger partial charge on any atom is 0.326 e. The molecule has 0 bridgehead atoms. The summed E-state index contributed by atoms with van der Waals surface area (Å²) in [5, 5.41) is 30.3. The van der Waals surface area contributed by atoms with Crippen LogP contribution in [0.5, 0.6) is 0 Å². The number of carbonyl (C=O) groups excluding carboxylic acids is 7. The molecule has 0 fully saturated rings. The number of hydrogen-bond acceptors (Lipinski definition) is 16. The molecule has 0 aliphatic carbocycles. The average Bonchev–Trinajstić information content (AvgIpc) is 4.12. The second kappa shape index (κ2) is 23.7. The van der Waals surface area contributed by atoms with Crippen LogP contribution in [-0.4, -0.2) is 121 Å². The fourth-order valence-electron chi connectivity index (χ4n) is 8.64. The van der Waals surface area contributed by atoms with E-state index in [1.54, 1.807) is 56.4 Å². The van der Waals surface area contributed by atoms with Gasteiger partial charge >= 0.3 is 5.97 Å². The summed E-state index contributed by atoms with van der Waals surface area (Å²) in [4.78, 5) is 121. The number of nitrogens with zero attached hydrogens (tertiary/aromatic N) is 9. The van der Waals surface area contributed by atoms with Gasteiger partial charge in [0, 0.05) is 84.1 Å². The normalized spacial score (nSPS) is 13.7. The number of nitrogens with two attached hydrogens (primary N) is 1. The lowest BCUT2D eigenvalue weighted by Crippen LogP contribution is -2.44. The molecule has 7 rings (SSSR count). The van der Waals surface area contributed by atoms with Crippen molar-refractivity contribution < 1.29 is 43.5 Å². The first-order valence-electron chi connectivity index (χ1n) is 24.1. The number of carbonyl (C=O) groups is 8. The molecule has 22 heteroatoms. The molecule has 6 aromatic rings. The number of aromatic nitrogens is 9. The highest BCUT2D eigenvalue weighted by Crippen LogP contribution is 2.26. The minimum Gasteiger partial charge on any atom is -0.480 e. The predicted molar refractivity (Wildman–Crippen MR) is 265 cm³/mol. The summed E-state index contributed by atoms with van der Waals surface area (Å²) in [6.07, 6.45) is 8.51. The Morgan fingerprint density at radius 2 is 1.63 bits per heavy atom. The van der Waals surface area contributed by atoms with Gasteiger partial charge in [-0.25, -0.2) is 24.7 Å². The van der Waals surface area contributed by atoms with Crippen LogP contribution < -0.4 is 16.4 Å². The number of hydrogen-bond donors (Lipinski definition) is 5. The van der Waals surface area contributed by atoms with Crippen LogP contribution in [0.2, 0.25) is 0 Å². The molecule has 0 saturated carbocycles. The van der Waals surface area contributed by atoms with Gasteiger partial charge in [0.25, 0.3) is 17.7 Å². The summed E-state index contributed by atoms with van der Waals surface area (Å²) in [6, 6.07) is 9.59. The molecule has 0 radical (unpaired) electrons. The summed E-state index contributed by atoms with van der Waals surface area (Å²) in [6.45, 7) is 7.60. The smallest absolute Gasteiger partial charge is 0.326 e. The van der Waals surface area contributed by atoms with Crippen molar-refractivity contribution in [3.8, 4) is 11.4 Å². The van der Waals surface area contributed by atoms with Crippen LogP contribution in [0.4, 0.5) is 5.82 Å². The molecular weight excluding hydrogens is 939 g/mol. The van der Waals surface area contributed by atoms with Crippen LogP contribution in [0.1, 0.15) is 116 Å². The topological polar surface area (TPSA) is 321 Å². The molecule has 3 atom stereocenters. The van der Waals surface area contributed by atoms with E-state index in [1.807, 2.05) is 30.7 Å². The molecule has 4 aromatic heterocycles. The number of aliphatic carboxylic acids is 1. The number of aryl methyl sites for hydroxylation is 1. The van der Waals surface area contributed by atoms with E-state index in [0.29, 0.717) is 72.5 Å². The van der Waals surface area contributed by atoms with Crippen molar-refractivity contribution in [3.05, 3.63) is 95.2 Å². The van der Waals surface area contributed by atoms with Crippen molar-refractivity contribution in [2.45, 2.75) is 111 Å². The summed E-state index contributed by atoms with van der Waals surface area (Å²) < 4.78 is 1.93. The molecule has 4 amide bonds. The van der Waals surface area contributed by atoms with E-state index in [-0.39, 0.29) is 96.5 Å². The fraction of sp³-hybridized carbons (Fsp3) is 0.392. The Morgan fingerprint density at radius 1 is 0.863 bits per heavy atom. The van der Waals surface area contributed by atoms with Crippen LogP contribution in [0.3, 0.4) is 0 Å². The lowest BCUT2D eigenvalue weighted by molar-refractivity contribution is -0.139. The Kier molecular flexibility index (Phi) is 17.0. The van der Waals surface area contributed by atoms with Gasteiger partial charge in [0.15, 0.2) is 28.5 Å². The van der Waals surface area contributed by atoms with Gasteiger partial charge in [-0.15, -0.1) is 10.2 Å².